The van der Waals surface area contributed by atoms with Crippen molar-refractivity contribution in [1.29, 1.82) is 0 Å². The number of hydrogen-bond donors (Lipinski definition) is 1. The Bertz CT molecular complexity index is 917. The first-order chi connectivity index (χ1) is 13.0. The van der Waals surface area contributed by atoms with Gasteiger partial charge >= 0.3 is 6.36 Å². The molecule has 0 aromatic heterocycles. The molecule has 11 heteroatoms. The minimum absolute atomic E-state index is 0.287. The zero-order valence-electron chi connectivity index (χ0n) is 14.5. The molecule has 0 bridgehead atoms. The third-order valence-electron chi connectivity index (χ3n) is 3.54. The first-order valence-electron chi connectivity index (χ1n) is 7.80. The lowest BCUT2D eigenvalue weighted by atomic mass is 10.2. The minimum Gasteiger partial charge on any atom is -0.406 e. The number of nitrogens with one attached hydrogen (secondary N) is 1. The second-order valence-electron chi connectivity index (χ2n) is 5.72. The van der Waals surface area contributed by atoms with Crippen molar-refractivity contribution < 1.29 is 31.1 Å². The maximum absolute atomic E-state index is 12.2. The topological polar surface area (TPSA) is 75.7 Å². The van der Waals surface area contributed by atoms with Crippen molar-refractivity contribution in [2.45, 2.75) is 17.8 Å². The second kappa shape index (κ2) is 8.93. The van der Waals surface area contributed by atoms with Crippen molar-refractivity contribution in [3.8, 4) is 5.75 Å². The number of ether oxygens (including phenoxy) is 1. The summed E-state index contributed by atoms with van der Waals surface area (Å²) >= 11 is 3.31. The van der Waals surface area contributed by atoms with Gasteiger partial charge in [-0.2, -0.15) is 0 Å². The molecule has 0 spiro atoms. The molecule has 2 rings (SSSR count). The number of carbonyl (C=O) groups is 1. The summed E-state index contributed by atoms with van der Waals surface area (Å²) < 4.78 is 67.5. The highest BCUT2D eigenvalue weighted by Crippen LogP contribution is 2.23. The van der Waals surface area contributed by atoms with E-state index >= 15 is 0 Å². The Kier molecular flexibility index (Phi) is 7.07. The first-order valence-corrected chi connectivity index (χ1v) is 10.1. The molecule has 0 atom stereocenters. The van der Waals surface area contributed by atoms with Gasteiger partial charge < -0.3 is 9.64 Å². The van der Waals surface area contributed by atoms with Crippen molar-refractivity contribution >= 4 is 31.9 Å². The molecule has 28 heavy (non-hydrogen) atoms. The molecule has 1 N–H and O–H groups in total. The van der Waals surface area contributed by atoms with E-state index in [4.69, 9.17) is 0 Å². The van der Waals surface area contributed by atoms with E-state index in [1.165, 1.54) is 11.9 Å². The molecule has 0 fully saturated rings. The SMILES string of the molecule is CN(Cc1ccc(Br)cc1)C(=O)CNS(=O)(=O)c1ccc(OC(F)(F)F)cc1. The van der Waals surface area contributed by atoms with Gasteiger partial charge in [0.25, 0.3) is 0 Å². The number of amides is 1. The van der Waals surface area contributed by atoms with E-state index < -0.39 is 34.6 Å². The van der Waals surface area contributed by atoms with Crippen molar-refractivity contribution in [1.82, 2.24) is 9.62 Å². The van der Waals surface area contributed by atoms with Gasteiger partial charge in [0, 0.05) is 18.1 Å². The molecule has 0 aliphatic rings. The Morgan fingerprint density at radius 2 is 1.68 bits per heavy atom. The van der Waals surface area contributed by atoms with Crippen LogP contribution in [0.2, 0.25) is 0 Å². The van der Waals surface area contributed by atoms with Crippen LogP contribution >= 0.6 is 15.9 Å². The molecule has 0 aliphatic heterocycles. The first kappa shape index (κ1) is 22.2. The van der Waals surface area contributed by atoms with Crippen molar-refractivity contribution in [3.63, 3.8) is 0 Å². The van der Waals surface area contributed by atoms with Gasteiger partial charge in [0.1, 0.15) is 5.75 Å². The van der Waals surface area contributed by atoms with Crippen LogP contribution in [0.1, 0.15) is 5.56 Å². The molecule has 0 radical (unpaired) electrons. The fraction of sp³-hybridized carbons (Fsp3) is 0.235. The molecule has 152 valence electrons. The van der Waals surface area contributed by atoms with Gasteiger partial charge in [-0.05, 0) is 42.0 Å². The summed E-state index contributed by atoms with van der Waals surface area (Å²) in [5, 5.41) is 0. The van der Waals surface area contributed by atoms with E-state index in [0.29, 0.717) is 0 Å². The van der Waals surface area contributed by atoms with Crippen LogP contribution in [0.3, 0.4) is 0 Å². The monoisotopic (exact) mass is 480 g/mol. The van der Waals surface area contributed by atoms with E-state index in [1.807, 2.05) is 24.3 Å². The summed E-state index contributed by atoms with van der Waals surface area (Å²) in [6, 6.07) is 11.0. The maximum atomic E-state index is 12.2. The summed E-state index contributed by atoms with van der Waals surface area (Å²) in [5.41, 5.74) is 0.863. The van der Waals surface area contributed by atoms with Crippen LogP contribution in [0.5, 0.6) is 5.75 Å². The standard InChI is InChI=1S/C17H16BrF3N2O4S/c1-23(11-12-2-4-13(18)5-3-12)16(24)10-22-28(25,26)15-8-6-14(7-9-15)27-17(19,20)21/h2-9,22H,10-11H2,1H3. The van der Waals surface area contributed by atoms with Gasteiger partial charge in [-0.15, -0.1) is 13.2 Å². The van der Waals surface area contributed by atoms with Gasteiger partial charge in [0.2, 0.25) is 15.9 Å². The minimum atomic E-state index is -4.87. The van der Waals surface area contributed by atoms with E-state index in [1.54, 1.807) is 0 Å². The Labute approximate surface area is 168 Å². The molecule has 2 aromatic carbocycles. The average molecular weight is 481 g/mol. The Morgan fingerprint density at radius 3 is 2.21 bits per heavy atom. The smallest absolute Gasteiger partial charge is 0.406 e. The summed E-state index contributed by atoms with van der Waals surface area (Å²) in [4.78, 5) is 13.2. The average Bonchev–Trinajstić information content (AvgIpc) is 2.60. The van der Waals surface area contributed by atoms with Gasteiger partial charge in [-0.25, -0.2) is 13.1 Å². The third-order valence-corrected chi connectivity index (χ3v) is 5.49. The number of nitrogens with zero attached hydrogens (tertiary/aromatic N) is 1. The quantitative estimate of drug-likeness (QED) is 0.659. The number of hydrogen-bond acceptors (Lipinski definition) is 4. The fourth-order valence-corrected chi connectivity index (χ4v) is 3.39. The van der Waals surface area contributed by atoms with Crippen LogP contribution in [-0.4, -0.2) is 39.2 Å². The summed E-state index contributed by atoms with van der Waals surface area (Å²) in [6.45, 7) is -0.201. The van der Waals surface area contributed by atoms with Crippen molar-refractivity contribution in [2.75, 3.05) is 13.6 Å². The number of rotatable bonds is 7. The van der Waals surface area contributed by atoms with Crippen molar-refractivity contribution in [2.24, 2.45) is 0 Å². The van der Waals surface area contributed by atoms with E-state index in [9.17, 15) is 26.4 Å². The van der Waals surface area contributed by atoms with Crippen molar-refractivity contribution in [3.05, 3.63) is 58.6 Å². The Balaban J connectivity index is 1.94. The van der Waals surface area contributed by atoms with Crippen LogP contribution in [0.25, 0.3) is 0 Å². The van der Waals surface area contributed by atoms with Gasteiger partial charge in [-0.3, -0.25) is 4.79 Å². The second-order valence-corrected chi connectivity index (χ2v) is 8.40. The Morgan fingerprint density at radius 1 is 1.11 bits per heavy atom. The third kappa shape index (κ3) is 6.80. The highest BCUT2D eigenvalue weighted by molar-refractivity contribution is 9.10. The van der Waals surface area contributed by atoms with E-state index in [-0.39, 0.29) is 11.4 Å². The molecule has 0 unspecified atom stereocenters. The summed E-state index contributed by atoms with van der Waals surface area (Å²) in [7, 11) is -2.54. The predicted octanol–water partition coefficient (Wildman–Crippen LogP) is 3.28. The number of halogens is 4. The molecule has 0 saturated heterocycles. The molecule has 2 aromatic rings. The molecule has 0 aliphatic carbocycles. The van der Waals surface area contributed by atoms with Crippen LogP contribution in [0.4, 0.5) is 13.2 Å². The van der Waals surface area contributed by atoms with E-state index in [2.05, 4.69) is 25.4 Å². The zero-order valence-corrected chi connectivity index (χ0v) is 16.9. The Hall–Kier alpha value is -2.11. The van der Waals surface area contributed by atoms with Crippen LogP contribution in [-0.2, 0) is 21.4 Å². The lowest BCUT2D eigenvalue weighted by molar-refractivity contribution is -0.274. The number of sulfonamides is 1. The van der Waals surface area contributed by atoms with Crippen LogP contribution in [0, 0.1) is 0 Å². The summed E-state index contributed by atoms with van der Waals surface area (Å²) in [5.74, 6) is -1.01. The maximum Gasteiger partial charge on any atom is 0.573 e. The van der Waals surface area contributed by atoms with Crippen LogP contribution in [0.15, 0.2) is 57.9 Å². The number of benzene rings is 2. The molecule has 1 amide bonds. The van der Waals surface area contributed by atoms with Gasteiger partial charge in [-0.1, -0.05) is 28.1 Å². The highest BCUT2D eigenvalue weighted by Gasteiger charge is 2.31. The van der Waals surface area contributed by atoms with Crippen LogP contribution < -0.4 is 9.46 Å². The lowest BCUT2D eigenvalue weighted by Gasteiger charge is -2.18. The number of alkyl halides is 3. The number of likely N-dealkylation sites (N-methyl/N-ethyl adjacent to an activating group) is 1. The van der Waals surface area contributed by atoms with Gasteiger partial charge in [0.15, 0.2) is 0 Å². The number of carbonyl (C=O) groups excluding carboxylic acids is 1. The molecule has 0 heterocycles. The highest BCUT2D eigenvalue weighted by atomic mass is 79.9. The van der Waals surface area contributed by atoms with E-state index in [0.717, 1.165) is 34.3 Å². The molecular weight excluding hydrogens is 465 g/mol. The molecular formula is C17H16BrF3N2O4S. The molecule has 0 saturated carbocycles. The fourth-order valence-electron chi connectivity index (χ4n) is 2.15. The largest absolute Gasteiger partial charge is 0.573 e. The normalized spacial score (nSPS) is 11.9. The van der Waals surface area contributed by atoms with Gasteiger partial charge in [0.05, 0.1) is 11.4 Å². The zero-order chi connectivity index (χ0) is 20.9. The molecule has 6 nitrogen and oxygen atoms in total. The predicted molar refractivity (Wildman–Crippen MR) is 98.9 cm³/mol. The summed E-state index contributed by atoms with van der Waals surface area (Å²) in [6.07, 6.45) is -4.87. The lowest BCUT2D eigenvalue weighted by Crippen LogP contribution is -2.37.